The van der Waals surface area contributed by atoms with Gasteiger partial charge < -0.3 is 4.57 Å². The van der Waals surface area contributed by atoms with E-state index in [0.717, 1.165) is 12.1 Å². The molecule has 0 atom stereocenters. The molecule has 16 heteroatoms. The van der Waals surface area contributed by atoms with Crippen LogP contribution in [0.15, 0.2) is 36.4 Å². The van der Waals surface area contributed by atoms with Crippen molar-refractivity contribution in [2.24, 2.45) is 0 Å². The van der Waals surface area contributed by atoms with Crippen molar-refractivity contribution in [1.29, 1.82) is 0 Å². The van der Waals surface area contributed by atoms with Crippen molar-refractivity contribution < 1.29 is 65.9 Å². The van der Waals surface area contributed by atoms with Crippen molar-refractivity contribution in [2.75, 3.05) is 0 Å². The van der Waals surface area contributed by atoms with Gasteiger partial charge >= 0.3 is 0 Å². The number of aromatic nitrogens is 1. The van der Waals surface area contributed by atoms with Crippen molar-refractivity contribution in [1.82, 2.24) is 4.57 Å². The lowest BCUT2D eigenvalue weighted by atomic mass is 9.98. The fraction of sp³-hybridized carbons (Fsp3) is 0. The molecule has 0 aliphatic carbocycles. The van der Waals surface area contributed by atoms with Gasteiger partial charge in [0.2, 0.25) is 17.5 Å². The van der Waals surface area contributed by atoms with Crippen molar-refractivity contribution >= 4 is 21.8 Å². The highest BCUT2D eigenvalue weighted by Crippen LogP contribution is 2.42. The summed E-state index contributed by atoms with van der Waals surface area (Å²) < 4.78 is 214. The summed E-state index contributed by atoms with van der Waals surface area (Å²) in [5.74, 6) is -36.0. The summed E-state index contributed by atoms with van der Waals surface area (Å²) in [7, 11) is 0. The third-order valence-electron chi connectivity index (χ3n) is 7.17. The topological polar surface area (TPSA) is 4.93 Å². The zero-order valence-corrected chi connectivity index (χ0v) is 21.6. The Morgan fingerprint density at radius 2 is 0.565 bits per heavy atom. The summed E-state index contributed by atoms with van der Waals surface area (Å²) in [6.45, 7) is 0. The molecule has 1 aromatic heterocycles. The first-order chi connectivity index (χ1) is 21.6. The standard InChI is InChI=1S/C30H6F15N/c31-15-13(16(32)20(36)23(39)19(15)35)7-1-3-11-9(5-7)10-6-8(14-17(33)21(37)24(40)22(38)18(14)34)2-4-12(10)46(11)30-28(44)26(42)25(41)27(43)29(30)45/h1-6H. The summed E-state index contributed by atoms with van der Waals surface area (Å²) in [5.41, 5.74) is -7.43. The number of hydrogen-bond donors (Lipinski definition) is 0. The van der Waals surface area contributed by atoms with Gasteiger partial charge in [0.1, 0.15) is 5.69 Å². The van der Waals surface area contributed by atoms with Crippen LogP contribution >= 0.6 is 0 Å². The minimum absolute atomic E-state index is 0.367. The summed E-state index contributed by atoms with van der Waals surface area (Å²) in [4.78, 5) is 0. The molecule has 1 heterocycles. The van der Waals surface area contributed by atoms with E-state index in [2.05, 4.69) is 0 Å². The summed E-state index contributed by atoms with van der Waals surface area (Å²) in [6.07, 6.45) is 0. The van der Waals surface area contributed by atoms with Gasteiger partial charge in [0.15, 0.2) is 69.8 Å². The Hall–Kier alpha value is -5.15. The molecule has 0 aliphatic heterocycles. The van der Waals surface area contributed by atoms with Crippen LogP contribution in [0.2, 0.25) is 0 Å². The number of hydrogen-bond acceptors (Lipinski definition) is 0. The first-order valence-electron chi connectivity index (χ1n) is 12.2. The van der Waals surface area contributed by atoms with E-state index in [9.17, 15) is 65.9 Å². The number of halogens is 15. The van der Waals surface area contributed by atoms with Crippen LogP contribution in [0.5, 0.6) is 0 Å². The van der Waals surface area contributed by atoms with E-state index < -0.39 is 137 Å². The fourth-order valence-corrected chi connectivity index (χ4v) is 5.08. The monoisotopic (exact) mass is 665 g/mol. The van der Waals surface area contributed by atoms with E-state index >= 15 is 0 Å². The molecule has 0 saturated carbocycles. The van der Waals surface area contributed by atoms with E-state index in [4.69, 9.17) is 0 Å². The van der Waals surface area contributed by atoms with Crippen LogP contribution in [0.25, 0.3) is 49.7 Å². The molecule has 0 bridgehead atoms. The molecule has 0 unspecified atom stereocenters. The minimum Gasteiger partial charge on any atom is -0.304 e. The van der Waals surface area contributed by atoms with Gasteiger partial charge in [0, 0.05) is 10.8 Å². The zero-order valence-electron chi connectivity index (χ0n) is 21.6. The van der Waals surface area contributed by atoms with Crippen LogP contribution in [-0.4, -0.2) is 4.57 Å². The zero-order chi connectivity index (χ0) is 33.7. The number of nitrogens with zero attached hydrogens (tertiary/aromatic N) is 1. The molecule has 0 radical (unpaired) electrons. The van der Waals surface area contributed by atoms with Crippen LogP contribution in [-0.2, 0) is 0 Å². The maximum Gasteiger partial charge on any atom is 0.200 e. The van der Waals surface area contributed by atoms with Gasteiger partial charge in [-0.3, -0.25) is 0 Å². The molecule has 236 valence electrons. The van der Waals surface area contributed by atoms with Crippen LogP contribution in [0.3, 0.4) is 0 Å². The average molecular weight is 665 g/mol. The predicted molar refractivity (Wildman–Crippen MR) is 131 cm³/mol. The van der Waals surface area contributed by atoms with Gasteiger partial charge in [0.25, 0.3) is 0 Å². The maximum absolute atomic E-state index is 15.0. The Kier molecular flexibility index (Phi) is 7.01. The van der Waals surface area contributed by atoms with Crippen molar-refractivity contribution in [3.63, 3.8) is 0 Å². The van der Waals surface area contributed by atoms with Gasteiger partial charge in [-0.05, 0) is 35.4 Å². The lowest BCUT2D eigenvalue weighted by Gasteiger charge is -2.13. The summed E-state index contributed by atoms with van der Waals surface area (Å²) >= 11 is 0. The van der Waals surface area contributed by atoms with Gasteiger partial charge in [-0.2, -0.15) is 0 Å². The number of benzene rings is 5. The van der Waals surface area contributed by atoms with Gasteiger partial charge in [-0.1, -0.05) is 12.1 Å². The molecule has 0 saturated heterocycles. The Morgan fingerprint density at radius 3 is 0.870 bits per heavy atom. The van der Waals surface area contributed by atoms with E-state index in [-0.39, 0.29) is 0 Å². The molecule has 0 spiro atoms. The highest BCUT2D eigenvalue weighted by atomic mass is 19.2. The molecule has 6 rings (SSSR count). The maximum atomic E-state index is 15.0. The van der Waals surface area contributed by atoms with E-state index in [1.807, 2.05) is 0 Å². The first kappa shape index (κ1) is 30.9. The summed E-state index contributed by atoms with van der Waals surface area (Å²) in [5, 5.41) is -1.07. The second-order valence-electron chi connectivity index (χ2n) is 9.61. The first-order valence-corrected chi connectivity index (χ1v) is 12.2. The van der Waals surface area contributed by atoms with Crippen LogP contribution in [0.1, 0.15) is 0 Å². The highest BCUT2D eigenvalue weighted by Gasteiger charge is 2.32. The molecular formula is C30H6F15N. The van der Waals surface area contributed by atoms with Gasteiger partial charge in [0.05, 0.1) is 22.2 Å². The SMILES string of the molecule is Fc1c(F)c(F)c(-c2ccc3c(c2)c2cc(-c4c(F)c(F)c(F)c(F)c4F)ccc2n3-c2c(F)c(F)c(F)c(F)c2F)c(F)c1F. The largest absolute Gasteiger partial charge is 0.304 e. The van der Waals surface area contributed by atoms with Gasteiger partial charge in [-0.25, -0.2) is 65.9 Å². The lowest BCUT2D eigenvalue weighted by molar-refractivity contribution is 0.376. The molecule has 0 N–H and O–H groups in total. The number of fused-ring (bicyclic) bond motifs is 3. The molecule has 0 aliphatic rings. The quantitative estimate of drug-likeness (QED) is 0.101. The Balaban J connectivity index is 1.78. The van der Waals surface area contributed by atoms with Crippen LogP contribution < -0.4 is 0 Å². The van der Waals surface area contributed by atoms with E-state index in [1.165, 1.54) is 0 Å². The van der Waals surface area contributed by atoms with Crippen molar-refractivity contribution in [3.8, 4) is 27.9 Å². The third-order valence-corrected chi connectivity index (χ3v) is 7.17. The third kappa shape index (κ3) is 4.08. The fourth-order valence-electron chi connectivity index (χ4n) is 5.08. The van der Waals surface area contributed by atoms with E-state index in [1.54, 1.807) is 0 Å². The summed E-state index contributed by atoms with van der Waals surface area (Å²) in [6, 6.07) is 4.04. The Bertz CT molecular complexity index is 2110. The molecule has 6 aromatic rings. The van der Waals surface area contributed by atoms with Crippen molar-refractivity contribution in [2.45, 2.75) is 0 Å². The Morgan fingerprint density at radius 1 is 0.304 bits per heavy atom. The lowest BCUT2D eigenvalue weighted by Crippen LogP contribution is -2.09. The smallest absolute Gasteiger partial charge is 0.200 e. The Labute approximate surface area is 244 Å². The molecular weight excluding hydrogens is 659 g/mol. The second-order valence-corrected chi connectivity index (χ2v) is 9.61. The minimum atomic E-state index is -2.55. The van der Waals surface area contributed by atoms with E-state index in [0.29, 0.717) is 28.8 Å². The van der Waals surface area contributed by atoms with Crippen LogP contribution in [0.4, 0.5) is 65.9 Å². The molecule has 0 fully saturated rings. The predicted octanol–water partition coefficient (Wildman–Crippen LogP) is 10.2. The van der Waals surface area contributed by atoms with Gasteiger partial charge in [-0.15, -0.1) is 0 Å². The number of rotatable bonds is 3. The second kappa shape index (κ2) is 10.5. The molecule has 1 nitrogen and oxygen atoms in total. The molecule has 46 heavy (non-hydrogen) atoms. The molecule has 5 aromatic carbocycles. The normalized spacial score (nSPS) is 11.8. The molecule has 0 amide bonds. The highest BCUT2D eigenvalue weighted by molar-refractivity contribution is 6.11. The van der Waals surface area contributed by atoms with Crippen LogP contribution in [0, 0.1) is 87.3 Å². The van der Waals surface area contributed by atoms with Crippen molar-refractivity contribution in [3.05, 3.63) is 124 Å². The average Bonchev–Trinajstić information content (AvgIpc) is 3.35.